The number of nitrogens with zero attached hydrogens (tertiary/aromatic N) is 1. The Balaban J connectivity index is 2.05. The van der Waals surface area contributed by atoms with E-state index in [9.17, 15) is 14.9 Å². The topological polar surface area (TPSA) is 95.5 Å². The first-order valence-corrected chi connectivity index (χ1v) is 7.26. The lowest BCUT2D eigenvalue weighted by atomic mass is 9.85. The second-order valence-electron chi connectivity index (χ2n) is 5.50. The number of nitrogens with two attached hydrogens (primary N) is 1. The minimum absolute atomic E-state index is 0.0780. The zero-order valence-corrected chi connectivity index (χ0v) is 12.1. The van der Waals surface area contributed by atoms with Crippen LogP contribution in [0.5, 0.6) is 0 Å². The molecular weight excluding hydrogens is 272 g/mol. The van der Waals surface area contributed by atoms with Crippen LogP contribution in [-0.2, 0) is 4.74 Å². The van der Waals surface area contributed by atoms with Crippen LogP contribution in [0.1, 0.15) is 49.4 Å². The van der Waals surface area contributed by atoms with Crippen LogP contribution >= 0.6 is 0 Å². The van der Waals surface area contributed by atoms with Gasteiger partial charge in [-0.15, -0.1) is 0 Å². The Kier molecular flexibility index (Phi) is 4.77. The smallest absolute Gasteiger partial charge is 0.340 e. The van der Waals surface area contributed by atoms with Crippen LogP contribution in [0.3, 0.4) is 0 Å². The van der Waals surface area contributed by atoms with Gasteiger partial charge in [-0.1, -0.05) is 19.8 Å². The van der Waals surface area contributed by atoms with Crippen LogP contribution in [0.2, 0.25) is 0 Å². The van der Waals surface area contributed by atoms with E-state index >= 15 is 0 Å². The first-order chi connectivity index (χ1) is 10.0. The first kappa shape index (κ1) is 15.3. The van der Waals surface area contributed by atoms with E-state index in [4.69, 9.17) is 10.5 Å². The molecule has 21 heavy (non-hydrogen) atoms. The van der Waals surface area contributed by atoms with E-state index in [0.717, 1.165) is 25.7 Å². The molecule has 1 aromatic rings. The van der Waals surface area contributed by atoms with Gasteiger partial charge in [0, 0.05) is 12.1 Å². The van der Waals surface area contributed by atoms with Crippen LogP contribution in [0.4, 0.5) is 11.4 Å². The van der Waals surface area contributed by atoms with Crippen LogP contribution in [-0.4, -0.2) is 17.0 Å². The number of esters is 1. The van der Waals surface area contributed by atoms with E-state index in [-0.39, 0.29) is 23.0 Å². The fourth-order valence-corrected chi connectivity index (χ4v) is 2.78. The summed E-state index contributed by atoms with van der Waals surface area (Å²) < 4.78 is 5.50. The lowest BCUT2D eigenvalue weighted by Crippen LogP contribution is -2.25. The maximum Gasteiger partial charge on any atom is 0.340 e. The van der Waals surface area contributed by atoms with Crippen molar-refractivity contribution in [2.45, 2.75) is 45.1 Å². The van der Waals surface area contributed by atoms with Gasteiger partial charge in [0.2, 0.25) is 0 Å². The summed E-state index contributed by atoms with van der Waals surface area (Å²) in [5.41, 5.74) is 5.86. The number of hydrogen-bond donors (Lipinski definition) is 1. The first-order valence-electron chi connectivity index (χ1n) is 7.26. The molecule has 114 valence electrons. The third-order valence-corrected chi connectivity index (χ3v) is 4.05. The van der Waals surface area contributed by atoms with Gasteiger partial charge in [-0.25, -0.2) is 4.79 Å². The quantitative estimate of drug-likeness (QED) is 0.397. The Bertz CT molecular complexity index is 544. The van der Waals surface area contributed by atoms with Crippen LogP contribution in [0.25, 0.3) is 0 Å². The number of ether oxygens (including phenoxy) is 1. The number of carbonyl (C=O) groups excluding carboxylic acids is 1. The van der Waals surface area contributed by atoms with E-state index in [0.29, 0.717) is 5.92 Å². The molecule has 1 fully saturated rings. The molecule has 1 saturated carbocycles. The van der Waals surface area contributed by atoms with Crippen molar-refractivity contribution in [2.24, 2.45) is 5.92 Å². The molecule has 0 aromatic heterocycles. The normalized spacial score (nSPS) is 21.8. The number of benzene rings is 1. The summed E-state index contributed by atoms with van der Waals surface area (Å²) in [5.74, 6) is 0.106. The molecule has 2 unspecified atom stereocenters. The van der Waals surface area contributed by atoms with E-state index < -0.39 is 10.9 Å². The highest BCUT2D eigenvalue weighted by atomic mass is 16.6. The molecule has 0 saturated heterocycles. The second-order valence-corrected chi connectivity index (χ2v) is 5.50. The van der Waals surface area contributed by atoms with Gasteiger partial charge in [0.05, 0.1) is 16.2 Å². The van der Waals surface area contributed by atoms with Crippen molar-refractivity contribution in [3.63, 3.8) is 0 Å². The Hall–Kier alpha value is -2.11. The van der Waals surface area contributed by atoms with Crippen molar-refractivity contribution < 1.29 is 14.5 Å². The van der Waals surface area contributed by atoms with Crippen molar-refractivity contribution >= 4 is 17.3 Å². The maximum absolute atomic E-state index is 12.1. The van der Waals surface area contributed by atoms with Gasteiger partial charge < -0.3 is 10.5 Å². The molecule has 0 amide bonds. The van der Waals surface area contributed by atoms with Crippen LogP contribution in [0, 0.1) is 16.0 Å². The molecule has 2 N–H and O–H groups in total. The summed E-state index contributed by atoms with van der Waals surface area (Å²) >= 11 is 0. The van der Waals surface area contributed by atoms with Crippen molar-refractivity contribution in [1.29, 1.82) is 0 Å². The van der Waals surface area contributed by atoms with Crippen LogP contribution < -0.4 is 5.73 Å². The summed E-state index contributed by atoms with van der Waals surface area (Å²) in [5, 5.41) is 10.7. The standard InChI is InChI=1S/C15H20N2O4/c1-2-10-4-3-5-12(8-10)21-15(18)13-7-6-11(17(19)20)9-14(13)16/h6-7,9-10,12H,2-5,8,16H2,1H3. The monoisotopic (exact) mass is 292 g/mol. The molecule has 1 aliphatic carbocycles. The fourth-order valence-electron chi connectivity index (χ4n) is 2.78. The van der Waals surface area contributed by atoms with E-state index in [1.807, 2.05) is 0 Å². The fraction of sp³-hybridized carbons (Fsp3) is 0.533. The number of nitro groups is 1. The van der Waals surface area contributed by atoms with Gasteiger partial charge in [-0.2, -0.15) is 0 Å². The number of nitro benzene ring substituents is 1. The third kappa shape index (κ3) is 3.71. The van der Waals surface area contributed by atoms with Crippen molar-refractivity contribution in [3.8, 4) is 0 Å². The van der Waals surface area contributed by atoms with Gasteiger partial charge in [-0.3, -0.25) is 10.1 Å². The highest BCUT2D eigenvalue weighted by Gasteiger charge is 2.25. The Morgan fingerprint density at radius 3 is 2.86 bits per heavy atom. The van der Waals surface area contributed by atoms with Crippen LogP contribution in [0.15, 0.2) is 18.2 Å². The third-order valence-electron chi connectivity index (χ3n) is 4.05. The summed E-state index contributed by atoms with van der Waals surface area (Å²) in [6.07, 6.45) is 5.01. The van der Waals surface area contributed by atoms with Gasteiger partial charge in [-0.05, 0) is 31.2 Å². The van der Waals surface area contributed by atoms with Gasteiger partial charge >= 0.3 is 5.97 Å². The average Bonchev–Trinajstić information content (AvgIpc) is 2.47. The molecule has 0 aliphatic heterocycles. The molecule has 0 bridgehead atoms. The highest BCUT2D eigenvalue weighted by molar-refractivity contribution is 5.95. The summed E-state index contributed by atoms with van der Waals surface area (Å²) in [7, 11) is 0. The molecule has 2 rings (SSSR count). The molecule has 0 heterocycles. The van der Waals surface area contributed by atoms with Crippen molar-refractivity contribution in [2.75, 3.05) is 5.73 Å². The number of non-ortho nitro benzene ring substituents is 1. The van der Waals surface area contributed by atoms with E-state index in [2.05, 4.69) is 6.92 Å². The SMILES string of the molecule is CCC1CCCC(OC(=O)c2ccc([N+](=O)[O-])cc2N)C1. The largest absolute Gasteiger partial charge is 0.459 e. The Labute approximate surface area is 123 Å². The lowest BCUT2D eigenvalue weighted by Gasteiger charge is -2.28. The predicted octanol–water partition coefficient (Wildman–Crippen LogP) is 3.30. The minimum atomic E-state index is -0.543. The molecule has 6 heteroatoms. The minimum Gasteiger partial charge on any atom is -0.459 e. The summed E-state index contributed by atoms with van der Waals surface area (Å²) in [6.45, 7) is 2.14. The zero-order chi connectivity index (χ0) is 15.4. The number of anilines is 1. The molecule has 0 radical (unpaired) electrons. The van der Waals surface area contributed by atoms with E-state index in [1.165, 1.54) is 24.6 Å². The number of carbonyl (C=O) groups is 1. The number of nitrogen functional groups attached to an aromatic ring is 1. The molecule has 6 nitrogen and oxygen atoms in total. The molecule has 1 aromatic carbocycles. The van der Waals surface area contributed by atoms with Gasteiger partial charge in [0.1, 0.15) is 6.10 Å². The van der Waals surface area contributed by atoms with Crippen molar-refractivity contribution in [1.82, 2.24) is 0 Å². The van der Waals surface area contributed by atoms with E-state index in [1.54, 1.807) is 0 Å². The Morgan fingerprint density at radius 1 is 1.48 bits per heavy atom. The number of hydrogen-bond acceptors (Lipinski definition) is 5. The molecule has 1 aliphatic rings. The number of rotatable bonds is 4. The van der Waals surface area contributed by atoms with Crippen molar-refractivity contribution in [3.05, 3.63) is 33.9 Å². The van der Waals surface area contributed by atoms with Gasteiger partial charge in [0.15, 0.2) is 0 Å². The molecular formula is C15H20N2O4. The lowest BCUT2D eigenvalue weighted by molar-refractivity contribution is -0.384. The average molecular weight is 292 g/mol. The zero-order valence-electron chi connectivity index (χ0n) is 12.1. The van der Waals surface area contributed by atoms with Gasteiger partial charge in [0.25, 0.3) is 5.69 Å². The highest BCUT2D eigenvalue weighted by Crippen LogP contribution is 2.29. The molecule has 0 spiro atoms. The molecule has 2 atom stereocenters. The summed E-state index contributed by atoms with van der Waals surface area (Å²) in [6, 6.07) is 3.81. The maximum atomic E-state index is 12.1. The summed E-state index contributed by atoms with van der Waals surface area (Å²) in [4.78, 5) is 22.2. The Morgan fingerprint density at radius 2 is 2.24 bits per heavy atom. The predicted molar refractivity (Wildman–Crippen MR) is 79.0 cm³/mol. The second kappa shape index (κ2) is 6.56.